The summed E-state index contributed by atoms with van der Waals surface area (Å²) in [5.74, 6) is 4.82. The van der Waals surface area contributed by atoms with E-state index < -0.39 is 0 Å². The molecule has 4 saturated carbocycles. The van der Waals surface area contributed by atoms with Crippen LogP contribution in [-0.4, -0.2) is 39.0 Å². The summed E-state index contributed by atoms with van der Waals surface area (Å²) in [6.07, 6.45) is 11.6. The molecule has 2 heterocycles. The van der Waals surface area contributed by atoms with Gasteiger partial charge in [0.1, 0.15) is 0 Å². The van der Waals surface area contributed by atoms with Crippen molar-refractivity contribution in [3.8, 4) is 0 Å². The van der Waals surface area contributed by atoms with Crippen LogP contribution in [0, 0.1) is 46.3 Å². The van der Waals surface area contributed by atoms with Crippen LogP contribution in [0.5, 0.6) is 0 Å². The Hall–Kier alpha value is -0.160. The first kappa shape index (κ1) is 21.7. The second kappa shape index (κ2) is 8.32. The van der Waals surface area contributed by atoms with E-state index in [1.807, 2.05) is 6.92 Å². The minimum atomic E-state index is 0.0269. The Morgan fingerprint density at radius 1 is 0.467 bits per heavy atom. The molecule has 0 aromatic carbocycles. The smallest absolute Gasteiger partial charge is 0.160 e. The summed E-state index contributed by atoms with van der Waals surface area (Å²) in [5, 5.41) is 0. The topological polar surface area (TPSA) is 36.9 Å². The van der Waals surface area contributed by atoms with E-state index in [9.17, 15) is 0 Å². The zero-order chi connectivity index (χ0) is 20.9. The van der Waals surface area contributed by atoms with Gasteiger partial charge in [-0.05, 0) is 86.9 Å². The molecule has 2 aliphatic heterocycles. The Bertz CT molecular complexity index is 510. The van der Waals surface area contributed by atoms with Crippen molar-refractivity contribution in [2.75, 3.05) is 26.4 Å². The van der Waals surface area contributed by atoms with Gasteiger partial charge < -0.3 is 18.9 Å². The van der Waals surface area contributed by atoms with E-state index in [2.05, 4.69) is 20.8 Å². The lowest BCUT2D eigenvalue weighted by Gasteiger charge is -2.59. The van der Waals surface area contributed by atoms with Crippen LogP contribution in [0.1, 0.15) is 79.1 Å². The summed E-state index contributed by atoms with van der Waals surface area (Å²) in [4.78, 5) is 0. The van der Waals surface area contributed by atoms with Gasteiger partial charge in [-0.25, -0.2) is 0 Å². The summed E-state index contributed by atoms with van der Waals surface area (Å²) in [5.41, 5.74) is 1.49. The molecule has 6 fully saturated rings. The molecule has 2 spiro atoms. The maximum Gasteiger partial charge on any atom is 0.160 e. The first-order valence-corrected chi connectivity index (χ1v) is 12.8. The Morgan fingerprint density at radius 2 is 0.933 bits per heavy atom. The lowest BCUT2D eigenvalue weighted by atomic mass is 9.47. The summed E-state index contributed by atoms with van der Waals surface area (Å²) in [7, 11) is 0. The molecule has 30 heavy (non-hydrogen) atoms. The van der Waals surface area contributed by atoms with Crippen molar-refractivity contribution in [3.05, 3.63) is 0 Å². The molecule has 6 aliphatic rings. The van der Waals surface area contributed by atoms with Crippen LogP contribution in [0.3, 0.4) is 0 Å². The maximum atomic E-state index is 5.76. The fourth-order valence-corrected chi connectivity index (χ4v) is 7.91. The van der Waals surface area contributed by atoms with Gasteiger partial charge in [0.25, 0.3) is 0 Å². The molecule has 172 valence electrons. The molecular formula is C26H44O4. The van der Waals surface area contributed by atoms with E-state index in [0.29, 0.717) is 17.8 Å². The van der Waals surface area contributed by atoms with Crippen LogP contribution in [0.2, 0.25) is 0 Å². The highest BCUT2D eigenvalue weighted by Gasteiger charge is 2.54. The highest BCUT2D eigenvalue weighted by molar-refractivity contribution is 5.04. The quantitative estimate of drug-likeness (QED) is 0.579. The first-order valence-electron chi connectivity index (χ1n) is 12.8. The minimum Gasteiger partial charge on any atom is -0.353 e. The molecule has 0 bridgehead atoms. The second-order valence-corrected chi connectivity index (χ2v) is 12.5. The van der Waals surface area contributed by atoms with Crippen molar-refractivity contribution in [1.29, 1.82) is 0 Å². The van der Waals surface area contributed by atoms with E-state index >= 15 is 0 Å². The summed E-state index contributed by atoms with van der Waals surface area (Å²) < 4.78 is 22.7. The van der Waals surface area contributed by atoms with E-state index in [4.69, 9.17) is 18.9 Å². The van der Waals surface area contributed by atoms with Gasteiger partial charge in [0.05, 0.1) is 26.4 Å². The highest BCUT2D eigenvalue weighted by atomic mass is 16.7. The number of rotatable bonds is 2. The lowest BCUT2D eigenvalue weighted by molar-refractivity contribution is -0.258. The van der Waals surface area contributed by atoms with Crippen molar-refractivity contribution in [3.63, 3.8) is 0 Å². The maximum absolute atomic E-state index is 5.76. The Balaban J connectivity index is 0.000000128. The van der Waals surface area contributed by atoms with Crippen LogP contribution in [0.25, 0.3) is 0 Å². The molecule has 4 nitrogen and oxygen atoms in total. The van der Waals surface area contributed by atoms with Crippen LogP contribution in [-0.2, 0) is 18.9 Å². The molecular weight excluding hydrogens is 376 g/mol. The average Bonchev–Trinajstić information content (AvgIpc) is 2.61. The largest absolute Gasteiger partial charge is 0.353 e. The third kappa shape index (κ3) is 4.36. The van der Waals surface area contributed by atoms with Gasteiger partial charge in [0.2, 0.25) is 0 Å². The minimum absolute atomic E-state index is 0.0269. The second-order valence-electron chi connectivity index (χ2n) is 12.5. The zero-order valence-electron chi connectivity index (χ0n) is 19.7. The molecule has 0 N–H and O–H groups in total. The van der Waals surface area contributed by atoms with E-state index in [1.165, 1.54) is 51.4 Å². The van der Waals surface area contributed by atoms with E-state index in [-0.39, 0.29) is 12.6 Å². The van der Waals surface area contributed by atoms with Crippen LogP contribution >= 0.6 is 0 Å². The van der Waals surface area contributed by atoms with Crippen LogP contribution in [0.15, 0.2) is 0 Å². The lowest BCUT2D eigenvalue weighted by Crippen LogP contribution is -2.52. The monoisotopic (exact) mass is 420 g/mol. The summed E-state index contributed by atoms with van der Waals surface area (Å²) in [6.45, 7) is 12.6. The molecule has 0 radical (unpaired) electrons. The van der Waals surface area contributed by atoms with Crippen LogP contribution in [0.4, 0.5) is 0 Å². The van der Waals surface area contributed by atoms with Gasteiger partial charge in [-0.3, -0.25) is 0 Å². The molecule has 0 amide bonds. The first-order chi connectivity index (χ1) is 14.3. The van der Waals surface area contributed by atoms with Gasteiger partial charge in [0, 0.05) is 17.8 Å². The fourth-order valence-electron chi connectivity index (χ4n) is 7.91. The van der Waals surface area contributed by atoms with E-state index in [1.54, 1.807) is 0 Å². The molecule has 6 rings (SSSR count). The third-order valence-corrected chi connectivity index (χ3v) is 9.14. The number of hydrogen-bond acceptors (Lipinski definition) is 4. The normalized spacial score (nSPS) is 54.8. The Morgan fingerprint density at radius 3 is 1.40 bits per heavy atom. The van der Waals surface area contributed by atoms with Crippen molar-refractivity contribution in [1.82, 2.24) is 0 Å². The van der Waals surface area contributed by atoms with Crippen molar-refractivity contribution < 1.29 is 18.9 Å². The number of hydrogen-bond donors (Lipinski definition) is 0. The summed E-state index contributed by atoms with van der Waals surface area (Å²) >= 11 is 0. The zero-order valence-corrected chi connectivity index (χ0v) is 19.7. The van der Waals surface area contributed by atoms with Gasteiger partial charge in [-0.1, -0.05) is 20.8 Å². The predicted octanol–water partition coefficient (Wildman–Crippen LogP) is 5.64. The molecule has 0 aromatic rings. The van der Waals surface area contributed by atoms with Gasteiger partial charge in [-0.2, -0.15) is 0 Å². The molecule has 0 unspecified atom stereocenters. The van der Waals surface area contributed by atoms with Crippen LogP contribution < -0.4 is 0 Å². The average molecular weight is 421 g/mol. The number of ether oxygens (including phenoxy) is 4. The van der Waals surface area contributed by atoms with Gasteiger partial charge >= 0.3 is 0 Å². The fraction of sp³-hybridized carbons (Fsp3) is 1.00. The molecule has 4 heteroatoms. The Kier molecular flexibility index (Phi) is 6.01. The SMILES string of the molecule is CC1CC2(C1)CC(C1COC(C)OC1)C2.CC1COC(C2CC3(CC(C)C3)C2)OC1. The third-order valence-electron chi connectivity index (χ3n) is 9.14. The highest BCUT2D eigenvalue weighted by Crippen LogP contribution is 2.63. The standard InChI is InChI=1S/2C13H22O2/c1-9-3-13(4-9)5-11(6-13)12-7-14-10(2)15-8-12;1-9-3-13(4-9)5-11(6-13)12-14-7-10(2)8-15-12/h2*9-12H,3-8H2,1-2H3. The summed E-state index contributed by atoms with van der Waals surface area (Å²) in [6, 6.07) is 0. The predicted molar refractivity (Wildman–Crippen MR) is 117 cm³/mol. The van der Waals surface area contributed by atoms with Crippen molar-refractivity contribution in [2.24, 2.45) is 46.3 Å². The molecule has 0 atom stereocenters. The molecule has 4 aliphatic carbocycles. The molecule has 0 aromatic heterocycles. The van der Waals surface area contributed by atoms with Crippen molar-refractivity contribution in [2.45, 2.75) is 91.6 Å². The Labute approximate surface area is 183 Å². The van der Waals surface area contributed by atoms with Crippen molar-refractivity contribution >= 4 is 0 Å². The van der Waals surface area contributed by atoms with Gasteiger partial charge in [-0.15, -0.1) is 0 Å². The van der Waals surface area contributed by atoms with Gasteiger partial charge in [0.15, 0.2) is 12.6 Å². The molecule has 2 saturated heterocycles. The van der Waals surface area contributed by atoms with E-state index in [0.717, 1.165) is 55.0 Å².